The molecule has 0 spiro atoms. The number of halogens is 2. The third-order valence-electron chi connectivity index (χ3n) is 3.86. The van der Waals surface area contributed by atoms with E-state index in [4.69, 9.17) is 27.9 Å². The average molecular weight is 384 g/mol. The first-order valence-electron chi connectivity index (χ1n) is 8.14. The van der Waals surface area contributed by atoms with Crippen molar-refractivity contribution in [2.45, 2.75) is 26.9 Å². The zero-order chi connectivity index (χ0) is 18.4. The highest BCUT2D eigenvalue weighted by atomic mass is 35.5. The van der Waals surface area contributed by atoms with Crippen LogP contribution in [0.3, 0.4) is 0 Å². The summed E-state index contributed by atoms with van der Waals surface area (Å²) >= 11 is 12.2. The van der Waals surface area contributed by atoms with Gasteiger partial charge in [0.25, 0.3) is 0 Å². The van der Waals surface area contributed by atoms with Crippen LogP contribution in [0.25, 0.3) is 0 Å². The topological polar surface area (TPSA) is 47.4 Å². The van der Waals surface area contributed by atoms with Crippen molar-refractivity contribution in [3.8, 4) is 0 Å². The fraction of sp³-hybridized carbons (Fsp3) is 0.444. The maximum Gasteiger partial charge on any atom is 0.225 e. The first kappa shape index (κ1) is 19.8. The lowest BCUT2D eigenvalue weighted by atomic mass is 10.2. The number of methoxy groups -OCH3 is 1. The molecule has 7 heteroatoms. The molecule has 0 fully saturated rings. The van der Waals surface area contributed by atoms with Gasteiger partial charge < -0.3 is 14.2 Å². The molecule has 25 heavy (non-hydrogen) atoms. The third kappa shape index (κ3) is 5.46. The Morgan fingerprint density at radius 1 is 1.36 bits per heavy atom. The Kier molecular flexibility index (Phi) is 7.29. The molecule has 0 aliphatic rings. The summed E-state index contributed by atoms with van der Waals surface area (Å²) in [6.45, 7) is 5.80. The largest absolute Gasteiger partial charge is 0.383 e. The van der Waals surface area contributed by atoms with Crippen LogP contribution in [0.5, 0.6) is 0 Å². The van der Waals surface area contributed by atoms with Crippen molar-refractivity contribution in [1.82, 2.24) is 14.5 Å². The minimum absolute atomic E-state index is 0.0778. The van der Waals surface area contributed by atoms with E-state index in [-0.39, 0.29) is 11.8 Å². The Labute approximate surface area is 158 Å². The van der Waals surface area contributed by atoms with Crippen LogP contribution in [-0.4, -0.2) is 40.6 Å². The molecule has 0 saturated carbocycles. The molecule has 0 radical (unpaired) electrons. The molecule has 136 valence electrons. The first-order valence-corrected chi connectivity index (χ1v) is 8.89. The summed E-state index contributed by atoms with van der Waals surface area (Å²) < 4.78 is 7.11. The molecule has 1 amide bonds. The molecule has 0 aliphatic carbocycles. The normalized spacial score (nSPS) is 11.1. The molecule has 5 nitrogen and oxygen atoms in total. The molecular formula is C18H23Cl2N3O2. The van der Waals surface area contributed by atoms with Gasteiger partial charge in [0.2, 0.25) is 5.91 Å². The standard InChI is InChI=1S/C18H23Cl2N3O2/c1-13(2)18(24)23(8-9-25-3)12-17-21-6-7-22(17)11-14-4-5-15(19)10-16(14)20/h4-7,10,13H,8-9,11-12H2,1-3H3. The minimum atomic E-state index is -0.0778. The predicted molar refractivity (Wildman–Crippen MR) is 99.9 cm³/mol. The third-order valence-corrected chi connectivity index (χ3v) is 4.45. The number of aromatic nitrogens is 2. The van der Waals surface area contributed by atoms with Crippen LogP contribution in [0.4, 0.5) is 0 Å². The van der Waals surface area contributed by atoms with Crippen molar-refractivity contribution in [3.05, 3.63) is 52.0 Å². The quantitative estimate of drug-likeness (QED) is 0.694. The molecule has 0 N–H and O–H groups in total. The molecular weight excluding hydrogens is 361 g/mol. The maximum atomic E-state index is 12.4. The lowest BCUT2D eigenvalue weighted by Crippen LogP contribution is -2.37. The van der Waals surface area contributed by atoms with Gasteiger partial charge in [0.05, 0.1) is 19.7 Å². The fourth-order valence-electron chi connectivity index (χ4n) is 2.47. The Morgan fingerprint density at radius 3 is 2.76 bits per heavy atom. The lowest BCUT2D eigenvalue weighted by molar-refractivity contribution is -0.135. The van der Waals surface area contributed by atoms with E-state index in [0.717, 1.165) is 11.4 Å². The van der Waals surface area contributed by atoms with Crippen molar-refractivity contribution in [2.75, 3.05) is 20.3 Å². The van der Waals surface area contributed by atoms with E-state index < -0.39 is 0 Å². The molecule has 1 aromatic carbocycles. The fourth-order valence-corrected chi connectivity index (χ4v) is 2.94. The highest BCUT2D eigenvalue weighted by Crippen LogP contribution is 2.22. The lowest BCUT2D eigenvalue weighted by Gasteiger charge is -2.24. The second kappa shape index (κ2) is 9.22. The zero-order valence-corrected chi connectivity index (χ0v) is 16.2. The van der Waals surface area contributed by atoms with Crippen molar-refractivity contribution >= 4 is 29.1 Å². The summed E-state index contributed by atoms with van der Waals surface area (Å²) in [6, 6.07) is 5.44. The highest BCUT2D eigenvalue weighted by Gasteiger charge is 2.19. The van der Waals surface area contributed by atoms with Crippen LogP contribution in [0.1, 0.15) is 25.2 Å². The number of carbonyl (C=O) groups excluding carboxylic acids is 1. The Bertz CT molecular complexity index is 716. The molecule has 1 aromatic heterocycles. The number of hydrogen-bond acceptors (Lipinski definition) is 3. The SMILES string of the molecule is COCCN(Cc1nccn1Cc1ccc(Cl)cc1Cl)C(=O)C(C)C. The van der Waals surface area contributed by atoms with Gasteiger partial charge in [-0.2, -0.15) is 0 Å². The second-order valence-corrected chi connectivity index (χ2v) is 6.96. The number of benzene rings is 1. The van der Waals surface area contributed by atoms with Gasteiger partial charge >= 0.3 is 0 Å². The Balaban J connectivity index is 2.17. The first-order chi connectivity index (χ1) is 11.9. The molecule has 0 unspecified atom stereocenters. The Morgan fingerprint density at radius 2 is 2.12 bits per heavy atom. The number of rotatable bonds is 8. The number of ether oxygens (including phenoxy) is 1. The second-order valence-electron chi connectivity index (χ2n) is 6.11. The molecule has 1 heterocycles. The van der Waals surface area contributed by atoms with Gasteiger partial charge in [-0.05, 0) is 17.7 Å². The van der Waals surface area contributed by atoms with E-state index in [0.29, 0.717) is 36.3 Å². The van der Waals surface area contributed by atoms with Crippen molar-refractivity contribution in [1.29, 1.82) is 0 Å². The van der Waals surface area contributed by atoms with Gasteiger partial charge in [-0.25, -0.2) is 4.98 Å². The summed E-state index contributed by atoms with van der Waals surface area (Å²) in [4.78, 5) is 18.6. The van der Waals surface area contributed by atoms with Crippen molar-refractivity contribution in [3.63, 3.8) is 0 Å². The molecule has 2 aromatic rings. The number of hydrogen-bond donors (Lipinski definition) is 0. The number of carbonyl (C=O) groups is 1. The molecule has 0 bridgehead atoms. The summed E-state index contributed by atoms with van der Waals surface area (Å²) in [6.07, 6.45) is 3.61. The van der Waals surface area contributed by atoms with Crippen LogP contribution < -0.4 is 0 Å². The summed E-state index contributed by atoms with van der Waals surface area (Å²) in [5.74, 6) is 0.804. The molecule has 0 atom stereocenters. The van der Waals surface area contributed by atoms with Crippen LogP contribution in [-0.2, 0) is 22.6 Å². The van der Waals surface area contributed by atoms with Gasteiger partial charge in [-0.15, -0.1) is 0 Å². The van der Waals surface area contributed by atoms with E-state index in [1.54, 1.807) is 24.3 Å². The number of imidazole rings is 1. The van der Waals surface area contributed by atoms with Crippen LogP contribution in [0.2, 0.25) is 10.0 Å². The molecule has 0 saturated heterocycles. The Hall–Kier alpha value is -1.56. The smallest absolute Gasteiger partial charge is 0.225 e. The van der Waals surface area contributed by atoms with E-state index in [9.17, 15) is 4.79 Å². The van der Waals surface area contributed by atoms with Gasteiger partial charge in [-0.3, -0.25) is 4.79 Å². The van der Waals surface area contributed by atoms with E-state index in [1.807, 2.05) is 36.7 Å². The van der Waals surface area contributed by atoms with Crippen LogP contribution in [0, 0.1) is 5.92 Å². The molecule has 2 rings (SSSR count). The van der Waals surface area contributed by atoms with Crippen molar-refractivity contribution in [2.24, 2.45) is 5.92 Å². The van der Waals surface area contributed by atoms with Gasteiger partial charge in [0.15, 0.2) is 0 Å². The minimum Gasteiger partial charge on any atom is -0.383 e. The average Bonchev–Trinajstić information content (AvgIpc) is 3.00. The monoisotopic (exact) mass is 383 g/mol. The van der Waals surface area contributed by atoms with E-state index in [1.165, 1.54) is 0 Å². The summed E-state index contributed by atoms with van der Waals surface area (Å²) in [5.41, 5.74) is 0.948. The number of amides is 1. The van der Waals surface area contributed by atoms with Gasteiger partial charge in [-0.1, -0.05) is 43.1 Å². The van der Waals surface area contributed by atoms with Crippen LogP contribution >= 0.6 is 23.2 Å². The predicted octanol–water partition coefficient (Wildman–Crippen LogP) is 3.87. The maximum absolute atomic E-state index is 12.4. The summed E-state index contributed by atoms with van der Waals surface area (Å²) in [7, 11) is 1.63. The molecule has 0 aliphatic heterocycles. The highest BCUT2D eigenvalue weighted by molar-refractivity contribution is 6.35. The van der Waals surface area contributed by atoms with Gasteiger partial charge in [0, 0.05) is 42.0 Å². The summed E-state index contributed by atoms with van der Waals surface area (Å²) in [5, 5.41) is 1.22. The number of nitrogens with zero attached hydrogens (tertiary/aromatic N) is 3. The van der Waals surface area contributed by atoms with E-state index >= 15 is 0 Å². The van der Waals surface area contributed by atoms with Crippen LogP contribution in [0.15, 0.2) is 30.6 Å². The van der Waals surface area contributed by atoms with Gasteiger partial charge in [0.1, 0.15) is 5.82 Å². The van der Waals surface area contributed by atoms with E-state index in [2.05, 4.69) is 4.98 Å². The van der Waals surface area contributed by atoms with Crippen molar-refractivity contribution < 1.29 is 9.53 Å². The zero-order valence-electron chi connectivity index (χ0n) is 14.7.